The van der Waals surface area contributed by atoms with Gasteiger partial charge >= 0.3 is 0 Å². The molecule has 0 bridgehead atoms. The second-order valence-electron chi connectivity index (χ2n) is 37.7. The van der Waals surface area contributed by atoms with E-state index in [9.17, 15) is 0 Å². The van der Waals surface area contributed by atoms with Crippen LogP contribution in [0.5, 0.6) is 0 Å². The van der Waals surface area contributed by atoms with E-state index in [-0.39, 0.29) is 0 Å². The molecule has 23 aromatic carbocycles. The third-order valence-electron chi connectivity index (χ3n) is 29.9. The average molecular weight is 1820 g/mol. The third kappa shape index (κ3) is 12.4. The van der Waals surface area contributed by atoms with Crippen molar-refractivity contribution >= 4 is 218 Å². The van der Waals surface area contributed by atoms with Crippen molar-refractivity contribution in [2.24, 2.45) is 0 Å². The van der Waals surface area contributed by atoms with Gasteiger partial charge in [0.15, 0.2) is 16.7 Å². The largest absolute Gasteiger partial charge is 0.454 e. The highest BCUT2D eigenvalue weighted by Gasteiger charge is 2.28. The first-order valence-corrected chi connectivity index (χ1v) is 48.9. The summed E-state index contributed by atoms with van der Waals surface area (Å²) in [6, 6.07) is 179. The van der Waals surface area contributed by atoms with Crippen molar-refractivity contribution in [2.75, 3.05) is 0 Å². The highest BCUT2D eigenvalue weighted by atomic mass is 16.3. The topological polar surface area (TPSA) is 69.0 Å². The summed E-state index contributed by atoms with van der Waals surface area (Å²) in [4.78, 5) is 0. The van der Waals surface area contributed by atoms with Gasteiger partial charge in [-0.15, -0.1) is 0 Å². The van der Waals surface area contributed by atoms with Crippen molar-refractivity contribution in [3.8, 4) is 67.5 Å². The molecule has 0 fully saturated rings. The molecule has 0 aliphatic heterocycles. The Hall–Kier alpha value is -19.2. The van der Waals surface area contributed by atoms with Crippen LogP contribution in [0, 0.1) is 0 Å². The van der Waals surface area contributed by atoms with E-state index in [1.165, 1.54) is 153 Å². The summed E-state index contributed by atoms with van der Waals surface area (Å²) in [6.45, 7) is 0. The Labute approximate surface area is 818 Å². The Kier molecular flexibility index (Phi) is 17.7. The molecule has 0 amide bonds. The van der Waals surface area contributed by atoms with Gasteiger partial charge in [-0.1, -0.05) is 322 Å². The van der Waals surface area contributed by atoms with Gasteiger partial charge in [-0.05, 0) is 231 Å². The highest BCUT2D eigenvalue weighted by Crippen LogP contribution is 2.50. The molecule has 9 heteroatoms. The molecule has 666 valence electrons. The van der Waals surface area contributed by atoms with Crippen LogP contribution in [-0.2, 0) is 0 Å². The van der Waals surface area contributed by atoms with Gasteiger partial charge in [-0.3, -0.25) is 0 Å². The molecular formula is C134H82N6O3. The maximum absolute atomic E-state index is 6.65. The molecule has 9 nitrogen and oxygen atoms in total. The normalized spacial score (nSPS) is 12.1. The summed E-state index contributed by atoms with van der Waals surface area (Å²) < 4.78 is 34.3. The predicted molar refractivity (Wildman–Crippen MR) is 599 cm³/mol. The fraction of sp³-hybridized carbons (Fsp3) is 0. The first-order valence-electron chi connectivity index (χ1n) is 48.9. The molecule has 0 radical (unpaired) electrons. The summed E-state index contributed by atoms with van der Waals surface area (Å²) in [5.41, 5.74) is 33.4. The Morgan fingerprint density at radius 1 is 0.119 bits per heavy atom. The summed E-state index contributed by atoms with van der Waals surface area (Å²) in [5, 5.41) is 26.4. The van der Waals surface area contributed by atoms with E-state index >= 15 is 0 Å². The molecule has 0 atom stereocenters. The van der Waals surface area contributed by atoms with Gasteiger partial charge in [0, 0.05) is 131 Å². The van der Waals surface area contributed by atoms with Crippen LogP contribution < -0.4 is 0 Å². The summed E-state index contributed by atoms with van der Waals surface area (Å²) >= 11 is 0. The molecular weight excluding hydrogens is 1740 g/mol. The van der Waals surface area contributed by atoms with Crippen molar-refractivity contribution in [1.82, 2.24) is 27.4 Å². The number of hydrogen-bond acceptors (Lipinski definition) is 3. The minimum absolute atomic E-state index is 0.905. The molecule has 0 saturated heterocycles. The highest BCUT2D eigenvalue weighted by molar-refractivity contribution is 6.29. The number of aromatic nitrogens is 6. The Morgan fingerprint density at radius 3 is 0.769 bits per heavy atom. The minimum atomic E-state index is 0.905. The van der Waals surface area contributed by atoms with Crippen LogP contribution in [0.15, 0.2) is 511 Å². The maximum Gasteiger partial charge on any atom is 0.160 e. The molecule has 0 aliphatic carbocycles. The van der Waals surface area contributed by atoms with E-state index in [1.807, 2.05) is 18.2 Å². The number of benzene rings is 23. The lowest BCUT2D eigenvalue weighted by molar-refractivity contribution is 0.670. The second kappa shape index (κ2) is 31.7. The zero-order valence-electron chi connectivity index (χ0n) is 77.3. The molecule has 32 rings (SSSR count). The van der Waals surface area contributed by atoms with Crippen LogP contribution in [0.1, 0.15) is 0 Å². The molecule has 32 aromatic rings. The molecule has 9 heterocycles. The zero-order chi connectivity index (χ0) is 93.6. The van der Waals surface area contributed by atoms with E-state index in [0.717, 1.165) is 133 Å². The van der Waals surface area contributed by atoms with Gasteiger partial charge in [0.25, 0.3) is 0 Å². The molecule has 0 aliphatic rings. The van der Waals surface area contributed by atoms with Crippen molar-refractivity contribution in [1.29, 1.82) is 0 Å². The standard InChI is InChI=1S/C48H30N2O.C46H28N2O.C40H24N2O/c1-3-12-31(13-4-1)33-14-11-15-34(28-33)32-22-24-36(25-23-32)49-43-20-9-7-18-37(43)41-29-42-39-26-27-40-38-19-8-10-21-46(38)51-48(40)47(39)50(45(42)30-44(41)49)35-16-5-2-6-17-35;1-2-12-33(13-3-1)48-43-28-42-39(27-40(43)37-24-25-38-36-15-7-9-17-44(36)49-46(38)45(37)48)35-14-6-8-16-41(35)47(42)34-22-20-30(21-23-34)32-19-18-29-10-4-5-11-31(29)26-32;1-2-12-27(13-3-1)42-37-24-36-33(23-34(37)31-20-21-32-30-15-7-9-17-38(30)43-40(32)39(31)42)29-14-6-8-16-35(29)41(36)28-19-18-25-10-4-5-11-26(25)22-28/h1-30H;1-28H;1-24H. The van der Waals surface area contributed by atoms with Crippen molar-refractivity contribution in [3.63, 3.8) is 0 Å². The van der Waals surface area contributed by atoms with E-state index in [0.29, 0.717) is 0 Å². The summed E-state index contributed by atoms with van der Waals surface area (Å²) in [5.74, 6) is 0. The minimum Gasteiger partial charge on any atom is -0.454 e. The SMILES string of the molecule is c1ccc(-c2cccc(-c3ccc(-n4c5ccccc5c5cc6c7ccc8c9ccccc9oc8c7n(-c7ccccc7)c6cc54)cc3)c2)cc1.c1ccc(-n2c3cc4c(cc3c3ccc5c6ccccc6oc5c32)c2ccccc2n4-c2ccc(-c3ccc4ccccc4c3)cc2)cc1.c1ccc(-n2c3cc4c(cc3c3ccc5c6ccccc6oc5c32)c2ccccc2n4-c2ccc3ccccc3c2)cc1. The van der Waals surface area contributed by atoms with E-state index in [4.69, 9.17) is 13.3 Å². The lowest BCUT2D eigenvalue weighted by Gasteiger charge is -2.11. The van der Waals surface area contributed by atoms with Gasteiger partial charge in [-0.2, -0.15) is 0 Å². The van der Waals surface area contributed by atoms with Crippen LogP contribution in [0.4, 0.5) is 0 Å². The zero-order valence-corrected chi connectivity index (χ0v) is 77.3. The van der Waals surface area contributed by atoms with Gasteiger partial charge < -0.3 is 40.7 Å². The van der Waals surface area contributed by atoms with Crippen LogP contribution in [-0.4, -0.2) is 27.4 Å². The number of furan rings is 3. The van der Waals surface area contributed by atoms with Crippen LogP contribution in [0.25, 0.3) is 286 Å². The summed E-state index contributed by atoms with van der Waals surface area (Å²) in [7, 11) is 0. The average Bonchev–Trinajstić information content (AvgIpc) is 1.55. The summed E-state index contributed by atoms with van der Waals surface area (Å²) in [6.07, 6.45) is 0. The molecule has 0 saturated carbocycles. The van der Waals surface area contributed by atoms with Crippen molar-refractivity contribution in [2.45, 2.75) is 0 Å². The lowest BCUT2D eigenvalue weighted by Crippen LogP contribution is -1.96. The maximum atomic E-state index is 6.65. The Morgan fingerprint density at radius 2 is 0.378 bits per heavy atom. The smallest absolute Gasteiger partial charge is 0.160 e. The van der Waals surface area contributed by atoms with Gasteiger partial charge in [-0.25, -0.2) is 0 Å². The predicted octanol–water partition coefficient (Wildman–Crippen LogP) is 36.6. The van der Waals surface area contributed by atoms with Crippen LogP contribution in [0.3, 0.4) is 0 Å². The first-order chi connectivity index (χ1) is 70.9. The van der Waals surface area contributed by atoms with Crippen molar-refractivity contribution < 1.29 is 13.3 Å². The third-order valence-corrected chi connectivity index (χ3v) is 29.9. The quantitative estimate of drug-likeness (QED) is 0.145. The van der Waals surface area contributed by atoms with Gasteiger partial charge in [0.05, 0.1) is 66.2 Å². The van der Waals surface area contributed by atoms with Crippen LogP contribution in [0.2, 0.25) is 0 Å². The van der Waals surface area contributed by atoms with Gasteiger partial charge in [0.2, 0.25) is 0 Å². The van der Waals surface area contributed by atoms with Crippen molar-refractivity contribution in [3.05, 3.63) is 497 Å². The molecule has 0 N–H and O–H groups in total. The van der Waals surface area contributed by atoms with Gasteiger partial charge in [0.1, 0.15) is 16.7 Å². The number of rotatable bonds is 9. The second-order valence-corrected chi connectivity index (χ2v) is 37.7. The number of para-hydroxylation sites is 9. The Bertz CT molecular complexity index is 10900. The number of fused-ring (bicyclic) bond motifs is 32. The van der Waals surface area contributed by atoms with Crippen LogP contribution >= 0.6 is 0 Å². The molecule has 143 heavy (non-hydrogen) atoms. The Balaban J connectivity index is 0.000000100. The van der Waals surface area contributed by atoms with E-state index < -0.39 is 0 Å². The lowest BCUT2D eigenvalue weighted by atomic mass is 9.99. The van der Waals surface area contributed by atoms with E-state index in [1.54, 1.807) is 0 Å². The molecule has 0 spiro atoms. The fourth-order valence-corrected chi connectivity index (χ4v) is 23.4. The number of hydrogen-bond donors (Lipinski definition) is 0. The number of nitrogens with zero attached hydrogens (tertiary/aromatic N) is 6. The monoisotopic (exact) mass is 1820 g/mol. The molecule has 0 unspecified atom stereocenters. The molecule has 9 aromatic heterocycles. The van der Waals surface area contributed by atoms with E-state index in [2.05, 4.69) is 507 Å². The first kappa shape index (κ1) is 79.9. The fourth-order valence-electron chi connectivity index (χ4n) is 23.4.